The van der Waals surface area contributed by atoms with E-state index in [-0.39, 0.29) is 0 Å². The third-order valence-corrected chi connectivity index (χ3v) is 4.89. The van der Waals surface area contributed by atoms with E-state index in [1.54, 1.807) is 0 Å². The Morgan fingerprint density at radius 3 is 2.61 bits per heavy atom. The highest BCUT2D eigenvalue weighted by Crippen LogP contribution is 2.28. The molecule has 1 saturated carbocycles. The van der Waals surface area contributed by atoms with Crippen LogP contribution >= 0.6 is 11.8 Å². The molecule has 3 nitrogen and oxygen atoms in total. The van der Waals surface area contributed by atoms with E-state index >= 15 is 0 Å². The van der Waals surface area contributed by atoms with Crippen molar-refractivity contribution in [2.45, 2.75) is 64.5 Å². The average molecular weight is 273 g/mol. The molecule has 0 heterocycles. The Morgan fingerprint density at radius 2 is 2.17 bits per heavy atom. The van der Waals surface area contributed by atoms with Crippen molar-refractivity contribution >= 4 is 17.7 Å². The molecule has 106 valence electrons. The average Bonchev–Trinajstić information content (AvgIpc) is 3.10. The summed E-state index contributed by atoms with van der Waals surface area (Å²) in [6.07, 6.45) is 4.68. The first-order chi connectivity index (χ1) is 8.50. The Kier molecular flexibility index (Phi) is 6.50. The Hall–Kier alpha value is -0.220. The predicted octanol–water partition coefficient (Wildman–Crippen LogP) is 3.14. The van der Waals surface area contributed by atoms with E-state index in [0.29, 0.717) is 12.5 Å². The molecule has 18 heavy (non-hydrogen) atoms. The molecule has 0 aliphatic heterocycles. The summed E-state index contributed by atoms with van der Waals surface area (Å²) < 4.78 is 0. The molecule has 0 radical (unpaired) electrons. The van der Waals surface area contributed by atoms with Crippen LogP contribution in [0.4, 0.5) is 0 Å². The molecule has 0 aromatic rings. The smallest absolute Gasteiger partial charge is 0.323 e. The molecule has 1 aliphatic rings. The second kappa shape index (κ2) is 7.39. The molecule has 1 aliphatic carbocycles. The van der Waals surface area contributed by atoms with Crippen LogP contribution in [0.25, 0.3) is 0 Å². The van der Waals surface area contributed by atoms with Gasteiger partial charge in [-0.3, -0.25) is 10.1 Å². The second-order valence-electron chi connectivity index (χ2n) is 5.73. The van der Waals surface area contributed by atoms with E-state index in [0.717, 1.165) is 37.4 Å². The molecular weight excluding hydrogens is 246 g/mol. The highest BCUT2D eigenvalue weighted by Gasteiger charge is 2.40. The van der Waals surface area contributed by atoms with Gasteiger partial charge in [-0.1, -0.05) is 20.8 Å². The fourth-order valence-electron chi connectivity index (χ4n) is 2.08. The third kappa shape index (κ3) is 5.19. The van der Waals surface area contributed by atoms with E-state index in [1.165, 1.54) is 5.75 Å². The van der Waals surface area contributed by atoms with Crippen LogP contribution in [0.2, 0.25) is 0 Å². The maximum atomic E-state index is 11.5. The van der Waals surface area contributed by atoms with Gasteiger partial charge in [-0.05, 0) is 49.5 Å². The van der Waals surface area contributed by atoms with Crippen molar-refractivity contribution in [1.82, 2.24) is 5.32 Å². The summed E-state index contributed by atoms with van der Waals surface area (Å²) in [6.45, 7) is 6.41. The van der Waals surface area contributed by atoms with E-state index in [4.69, 9.17) is 0 Å². The van der Waals surface area contributed by atoms with Gasteiger partial charge in [-0.2, -0.15) is 11.8 Å². The third-order valence-electron chi connectivity index (χ3n) is 3.41. The number of rotatable bonds is 10. The molecule has 0 bridgehead atoms. The largest absolute Gasteiger partial charge is 0.480 e. The molecule has 4 heteroatoms. The lowest BCUT2D eigenvalue weighted by Gasteiger charge is -2.29. The Balaban J connectivity index is 2.33. The van der Waals surface area contributed by atoms with Crippen LogP contribution in [-0.4, -0.2) is 34.2 Å². The van der Waals surface area contributed by atoms with Crippen molar-refractivity contribution in [3.8, 4) is 0 Å². The minimum atomic E-state index is -0.681. The zero-order valence-electron chi connectivity index (χ0n) is 11.9. The summed E-state index contributed by atoms with van der Waals surface area (Å²) in [5.41, 5.74) is -0.681. The number of thioether (sulfide) groups is 1. The number of hydrogen-bond acceptors (Lipinski definition) is 3. The molecule has 0 aromatic carbocycles. The Bertz CT molecular complexity index is 267. The predicted molar refractivity (Wildman–Crippen MR) is 78.2 cm³/mol. The Labute approximate surface area is 115 Å². The molecule has 1 fully saturated rings. The highest BCUT2D eigenvalue weighted by molar-refractivity contribution is 7.99. The van der Waals surface area contributed by atoms with Gasteiger partial charge in [0, 0.05) is 6.04 Å². The minimum Gasteiger partial charge on any atom is -0.480 e. The molecule has 2 N–H and O–H groups in total. The molecule has 0 aromatic heterocycles. The second-order valence-corrected chi connectivity index (χ2v) is 6.88. The lowest BCUT2D eigenvalue weighted by molar-refractivity contribution is -0.145. The monoisotopic (exact) mass is 273 g/mol. The first-order valence-corrected chi connectivity index (χ1v) is 8.24. The summed E-state index contributed by atoms with van der Waals surface area (Å²) in [5, 5.41) is 12.8. The maximum absolute atomic E-state index is 11.5. The highest BCUT2D eigenvalue weighted by atomic mass is 32.2. The molecule has 0 spiro atoms. The van der Waals surface area contributed by atoms with Crippen LogP contribution in [0, 0.1) is 5.92 Å². The molecule has 0 amide bonds. The van der Waals surface area contributed by atoms with Gasteiger partial charge in [0.25, 0.3) is 0 Å². The van der Waals surface area contributed by atoms with Gasteiger partial charge >= 0.3 is 5.97 Å². The van der Waals surface area contributed by atoms with Gasteiger partial charge < -0.3 is 5.11 Å². The van der Waals surface area contributed by atoms with Crippen molar-refractivity contribution in [3.05, 3.63) is 0 Å². The van der Waals surface area contributed by atoms with E-state index in [9.17, 15) is 9.90 Å². The number of hydrogen-bond donors (Lipinski definition) is 2. The normalized spacial score (nSPS) is 18.9. The van der Waals surface area contributed by atoms with Crippen molar-refractivity contribution in [1.29, 1.82) is 0 Å². The summed E-state index contributed by atoms with van der Waals surface area (Å²) in [4.78, 5) is 11.5. The van der Waals surface area contributed by atoms with Crippen LogP contribution < -0.4 is 5.32 Å². The van der Waals surface area contributed by atoms with Crippen LogP contribution in [0.1, 0.15) is 52.9 Å². The van der Waals surface area contributed by atoms with Gasteiger partial charge in [-0.15, -0.1) is 0 Å². The van der Waals surface area contributed by atoms with E-state index in [2.05, 4.69) is 19.2 Å². The summed E-state index contributed by atoms with van der Waals surface area (Å²) in [6, 6.07) is 0.448. The van der Waals surface area contributed by atoms with Crippen LogP contribution in [-0.2, 0) is 4.79 Å². The first kappa shape index (κ1) is 15.8. The van der Waals surface area contributed by atoms with Gasteiger partial charge in [0.05, 0.1) is 0 Å². The maximum Gasteiger partial charge on any atom is 0.323 e. The van der Waals surface area contributed by atoms with Gasteiger partial charge in [0.1, 0.15) is 5.54 Å². The standard InChI is InChI=1S/C14H27NO2S/c1-4-14(13(16)17,15-12-6-7-12)8-5-9-18-10-11(2)3/h11-12,15H,4-10H2,1-3H3,(H,16,17). The zero-order chi connectivity index (χ0) is 13.6. The van der Waals surface area contributed by atoms with Crippen LogP contribution in [0.3, 0.4) is 0 Å². The van der Waals surface area contributed by atoms with Crippen molar-refractivity contribution in [2.75, 3.05) is 11.5 Å². The van der Waals surface area contributed by atoms with Crippen molar-refractivity contribution in [3.63, 3.8) is 0 Å². The number of carboxylic acid groups (broad SMARTS) is 1. The molecule has 1 rings (SSSR count). The number of nitrogens with one attached hydrogen (secondary N) is 1. The molecule has 1 unspecified atom stereocenters. The quantitative estimate of drug-likeness (QED) is 0.600. The van der Waals surface area contributed by atoms with E-state index < -0.39 is 11.5 Å². The van der Waals surface area contributed by atoms with Crippen molar-refractivity contribution in [2.24, 2.45) is 5.92 Å². The topological polar surface area (TPSA) is 49.3 Å². The summed E-state index contributed by atoms with van der Waals surface area (Å²) >= 11 is 1.94. The minimum absolute atomic E-state index is 0.448. The van der Waals surface area contributed by atoms with Crippen LogP contribution in [0.5, 0.6) is 0 Å². The lowest BCUT2D eigenvalue weighted by atomic mass is 9.90. The fraction of sp³-hybridized carbons (Fsp3) is 0.929. The SMILES string of the molecule is CCC(CCCSCC(C)C)(NC1CC1)C(=O)O. The van der Waals surface area contributed by atoms with Gasteiger partial charge in [-0.25, -0.2) is 0 Å². The number of carboxylic acids is 1. The summed E-state index contributed by atoms with van der Waals surface area (Å²) in [5.74, 6) is 2.28. The molecule has 1 atom stereocenters. The van der Waals surface area contributed by atoms with E-state index in [1.807, 2.05) is 18.7 Å². The number of aliphatic carboxylic acids is 1. The lowest BCUT2D eigenvalue weighted by Crippen LogP contribution is -2.52. The Morgan fingerprint density at radius 1 is 1.50 bits per heavy atom. The van der Waals surface area contributed by atoms with Gasteiger partial charge in [0.2, 0.25) is 0 Å². The molecular formula is C14H27NO2S. The zero-order valence-corrected chi connectivity index (χ0v) is 12.7. The molecule has 0 saturated heterocycles. The summed E-state index contributed by atoms with van der Waals surface area (Å²) in [7, 11) is 0. The van der Waals surface area contributed by atoms with Gasteiger partial charge in [0.15, 0.2) is 0 Å². The number of carbonyl (C=O) groups is 1. The first-order valence-electron chi connectivity index (χ1n) is 7.09. The fourth-order valence-corrected chi connectivity index (χ4v) is 3.07. The van der Waals surface area contributed by atoms with Crippen molar-refractivity contribution < 1.29 is 9.90 Å². The van der Waals surface area contributed by atoms with Crippen LogP contribution in [0.15, 0.2) is 0 Å².